The van der Waals surface area contributed by atoms with Gasteiger partial charge in [0.15, 0.2) is 5.70 Å². The Morgan fingerprint density at radius 1 is 1.08 bits per heavy atom. The lowest BCUT2D eigenvalue weighted by atomic mass is 9.45. The molecule has 0 aromatic carbocycles. The highest BCUT2D eigenvalue weighted by Crippen LogP contribution is 2.67. The first-order valence-electron chi connectivity index (χ1n) is 9.99. The van der Waals surface area contributed by atoms with Crippen molar-refractivity contribution in [1.29, 1.82) is 0 Å². The summed E-state index contributed by atoms with van der Waals surface area (Å²) in [6.07, 6.45) is 10.4. The molecule has 0 saturated heterocycles. The van der Waals surface area contributed by atoms with E-state index in [4.69, 9.17) is 6.57 Å². The lowest BCUT2D eigenvalue weighted by molar-refractivity contribution is -0.136. The number of carbonyl (C=O) groups excluding carboxylic acids is 1. The van der Waals surface area contributed by atoms with Gasteiger partial charge in [0.25, 0.3) is 0 Å². The molecule has 0 amide bonds. The summed E-state index contributed by atoms with van der Waals surface area (Å²) < 4.78 is 0. The zero-order chi connectivity index (χ0) is 17.1. The van der Waals surface area contributed by atoms with Crippen LogP contribution in [0.25, 0.3) is 4.85 Å². The Kier molecular flexibility index (Phi) is 3.72. The summed E-state index contributed by atoms with van der Waals surface area (Å²) in [4.78, 5) is 15.8. The van der Waals surface area contributed by atoms with Crippen molar-refractivity contribution >= 4 is 5.78 Å². The third-order valence-corrected chi connectivity index (χ3v) is 8.87. The van der Waals surface area contributed by atoms with Crippen molar-refractivity contribution in [3.8, 4) is 0 Å². The molecule has 0 heterocycles. The minimum atomic E-state index is 0.281. The van der Waals surface area contributed by atoms with E-state index in [0.717, 1.165) is 49.1 Å². The van der Waals surface area contributed by atoms with Gasteiger partial charge >= 0.3 is 0 Å². The van der Waals surface area contributed by atoms with E-state index in [1.165, 1.54) is 37.7 Å². The predicted molar refractivity (Wildman–Crippen MR) is 96.0 cm³/mol. The van der Waals surface area contributed by atoms with Gasteiger partial charge in [0.1, 0.15) is 5.78 Å². The molecule has 2 nitrogen and oxygen atoms in total. The number of fused-ring (bicyclic) bond motifs is 5. The maximum atomic E-state index is 12.0. The third-order valence-electron chi connectivity index (χ3n) is 8.87. The first-order valence-corrected chi connectivity index (χ1v) is 9.99. The predicted octanol–water partition coefficient (Wildman–Crippen LogP) is 5.79. The number of hydrogen-bond acceptors (Lipinski definition) is 1. The normalized spacial score (nSPS) is 49.7. The lowest BCUT2D eigenvalue weighted by Gasteiger charge is -2.60. The molecule has 130 valence electrons. The summed E-state index contributed by atoms with van der Waals surface area (Å²) in [6.45, 7) is 14.5. The molecule has 4 rings (SSSR count). The second kappa shape index (κ2) is 5.45. The molecule has 6 atom stereocenters. The summed E-state index contributed by atoms with van der Waals surface area (Å²) in [6, 6.07) is 0. The number of Topliss-reactive ketones (excluding diaryl/α,β-unsaturated/α-hetero) is 1. The second-order valence-corrected chi connectivity index (χ2v) is 9.57. The van der Waals surface area contributed by atoms with E-state index < -0.39 is 0 Å². The number of carbonyl (C=O) groups is 1. The van der Waals surface area contributed by atoms with Crippen LogP contribution >= 0.6 is 0 Å². The second-order valence-electron chi connectivity index (χ2n) is 9.57. The van der Waals surface area contributed by atoms with Gasteiger partial charge in [-0.2, -0.15) is 0 Å². The van der Waals surface area contributed by atoms with Crippen LogP contribution in [0.15, 0.2) is 11.3 Å². The number of hydrogen-bond donors (Lipinski definition) is 0. The zero-order valence-corrected chi connectivity index (χ0v) is 15.5. The largest absolute Gasteiger partial charge is 0.300 e. The van der Waals surface area contributed by atoms with Gasteiger partial charge in [0.2, 0.25) is 0 Å². The highest BCUT2D eigenvalue weighted by atomic mass is 16.1. The molecule has 4 saturated carbocycles. The smallest absolute Gasteiger partial charge is 0.162 e. The molecule has 0 aromatic heterocycles. The van der Waals surface area contributed by atoms with Crippen LogP contribution in [0.2, 0.25) is 0 Å². The molecule has 0 radical (unpaired) electrons. The highest BCUT2D eigenvalue weighted by Gasteiger charge is 2.59. The Morgan fingerprint density at radius 3 is 2.62 bits per heavy atom. The molecule has 24 heavy (non-hydrogen) atoms. The van der Waals surface area contributed by atoms with Crippen molar-refractivity contribution in [1.82, 2.24) is 0 Å². The van der Waals surface area contributed by atoms with E-state index in [1.54, 1.807) is 0 Å². The highest BCUT2D eigenvalue weighted by molar-refractivity contribution is 5.79. The minimum Gasteiger partial charge on any atom is -0.300 e. The molecule has 0 N–H and O–H groups in total. The standard InChI is InChI=1S/C22H31NO/c1-14(23-4)18-7-8-19-17-6-5-15-13-16(24)9-11-21(15,2)20(17)10-12-22(18,19)3/h15,17,19-20H,5-13H2,1-3H3/b18-14-/t15-,17-,19-,20-,21-,22+/m0/s1. The van der Waals surface area contributed by atoms with E-state index in [-0.39, 0.29) is 5.41 Å². The van der Waals surface area contributed by atoms with Gasteiger partial charge in [-0.3, -0.25) is 4.79 Å². The van der Waals surface area contributed by atoms with Crippen molar-refractivity contribution < 1.29 is 4.79 Å². The van der Waals surface area contributed by atoms with E-state index in [0.29, 0.717) is 17.1 Å². The Morgan fingerprint density at radius 2 is 1.88 bits per heavy atom. The van der Waals surface area contributed by atoms with Crippen LogP contribution in [0.4, 0.5) is 0 Å². The molecule has 4 aliphatic rings. The van der Waals surface area contributed by atoms with Gasteiger partial charge < -0.3 is 0 Å². The van der Waals surface area contributed by atoms with Crippen LogP contribution in [0.3, 0.4) is 0 Å². The van der Waals surface area contributed by atoms with Gasteiger partial charge in [-0.1, -0.05) is 19.4 Å². The summed E-state index contributed by atoms with van der Waals surface area (Å²) in [5, 5.41) is 0. The van der Waals surface area contributed by atoms with Crippen LogP contribution in [-0.4, -0.2) is 5.78 Å². The first-order chi connectivity index (χ1) is 11.4. The molecule has 0 bridgehead atoms. The van der Waals surface area contributed by atoms with Gasteiger partial charge in [-0.05, 0) is 86.4 Å². The molecule has 4 fully saturated rings. The third kappa shape index (κ3) is 2.09. The average molecular weight is 325 g/mol. The summed E-state index contributed by atoms with van der Waals surface area (Å²) in [5.41, 5.74) is 3.14. The fraction of sp³-hybridized carbons (Fsp3) is 0.818. The van der Waals surface area contributed by atoms with Crippen LogP contribution < -0.4 is 0 Å². The van der Waals surface area contributed by atoms with Crippen LogP contribution in [0.1, 0.15) is 78.6 Å². The number of rotatable bonds is 0. The Bertz CT molecular complexity index is 641. The van der Waals surface area contributed by atoms with E-state index >= 15 is 0 Å². The molecular formula is C22H31NO. The maximum Gasteiger partial charge on any atom is 0.162 e. The molecule has 0 aromatic rings. The van der Waals surface area contributed by atoms with Crippen molar-refractivity contribution in [3.05, 3.63) is 22.7 Å². The SMILES string of the molecule is [C-]#[N+]/C(C)=C1/CC[C@H]2[C@@H]3CC[C@H]4CC(=O)CC[C@]4(C)[C@H]3CC[C@]12C. The molecular weight excluding hydrogens is 294 g/mol. The Balaban J connectivity index is 1.66. The Hall–Kier alpha value is -1.10. The first kappa shape index (κ1) is 16.4. The summed E-state index contributed by atoms with van der Waals surface area (Å²) in [7, 11) is 0. The van der Waals surface area contributed by atoms with Gasteiger partial charge in [-0.25, -0.2) is 4.85 Å². The van der Waals surface area contributed by atoms with Gasteiger partial charge in [-0.15, -0.1) is 0 Å². The van der Waals surface area contributed by atoms with Crippen molar-refractivity contribution in [3.63, 3.8) is 0 Å². The molecule has 0 unspecified atom stereocenters. The van der Waals surface area contributed by atoms with Crippen molar-refractivity contribution in [2.75, 3.05) is 0 Å². The van der Waals surface area contributed by atoms with Crippen LogP contribution in [-0.2, 0) is 4.79 Å². The fourth-order valence-electron chi connectivity index (χ4n) is 7.52. The lowest BCUT2D eigenvalue weighted by Crippen LogP contribution is -2.53. The fourth-order valence-corrected chi connectivity index (χ4v) is 7.52. The maximum absolute atomic E-state index is 12.0. The van der Waals surface area contributed by atoms with E-state index in [9.17, 15) is 4.79 Å². The minimum absolute atomic E-state index is 0.281. The Labute approximate surface area is 146 Å². The van der Waals surface area contributed by atoms with Gasteiger partial charge in [0.05, 0.1) is 6.57 Å². The molecule has 4 aliphatic carbocycles. The van der Waals surface area contributed by atoms with E-state index in [2.05, 4.69) is 18.7 Å². The number of nitrogens with zero attached hydrogens (tertiary/aromatic N) is 1. The topological polar surface area (TPSA) is 21.4 Å². The average Bonchev–Trinajstić information content (AvgIpc) is 2.92. The summed E-state index contributed by atoms with van der Waals surface area (Å²) in [5.74, 6) is 3.57. The van der Waals surface area contributed by atoms with Crippen molar-refractivity contribution in [2.45, 2.75) is 78.6 Å². The number of allylic oxidation sites excluding steroid dienone is 2. The molecule has 2 heteroatoms. The molecule has 0 aliphatic heterocycles. The molecule has 0 spiro atoms. The quantitative estimate of drug-likeness (QED) is 0.516. The van der Waals surface area contributed by atoms with Crippen molar-refractivity contribution in [2.24, 2.45) is 34.5 Å². The monoisotopic (exact) mass is 325 g/mol. The van der Waals surface area contributed by atoms with Crippen LogP contribution in [0.5, 0.6) is 0 Å². The van der Waals surface area contributed by atoms with E-state index in [1.807, 2.05) is 6.92 Å². The summed E-state index contributed by atoms with van der Waals surface area (Å²) >= 11 is 0. The van der Waals surface area contributed by atoms with Crippen LogP contribution in [0, 0.1) is 41.1 Å². The zero-order valence-electron chi connectivity index (χ0n) is 15.5. The number of ketones is 1. The van der Waals surface area contributed by atoms with Gasteiger partial charge in [0, 0.05) is 12.8 Å².